The molecule has 0 unspecified atom stereocenters. The molecule has 0 aliphatic heterocycles. The molecule has 58 valence electrons. The maximum absolute atomic E-state index is 4.17. The van der Waals surface area contributed by atoms with Crippen LogP contribution in [-0.2, 0) is 0 Å². The molecule has 0 aliphatic carbocycles. The van der Waals surface area contributed by atoms with E-state index >= 15 is 0 Å². The van der Waals surface area contributed by atoms with Gasteiger partial charge in [-0.3, -0.25) is 4.99 Å². The zero-order chi connectivity index (χ0) is 8.69. The van der Waals surface area contributed by atoms with Gasteiger partial charge in [0, 0.05) is 22.1 Å². The van der Waals surface area contributed by atoms with Crippen LogP contribution in [0.15, 0.2) is 16.0 Å². The van der Waals surface area contributed by atoms with Gasteiger partial charge in [-0.2, -0.15) is 0 Å². The summed E-state index contributed by atoms with van der Waals surface area (Å²) >= 11 is 1.76. The first-order valence-electron chi connectivity index (χ1n) is 3.32. The Morgan fingerprint density at radius 1 is 1.45 bits per heavy atom. The fourth-order valence-electron chi connectivity index (χ4n) is 0.620. The van der Waals surface area contributed by atoms with Crippen molar-refractivity contribution in [2.24, 2.45) is 4.99 Å². The predicted molar refractivity (Wildman–Crippen MR) is 55.7 cm³/mol. The van der Waals surface area contributed by atoms with Crippen LogP contribution >= 0.6 is 11.8 Å². The lowest BCUT2D eigenvalue weighted by Gasteiger charge is -1.96. The van der Waals surface area contributed by atoms with Gasteiger partial charge in [-0.15, -0.1) is 11.8 Å². The van der Waals surface area contributed by atoms with Gasteiger partial charge < -0.3 is 0 Å². The third-order valence-corrected chi connectivity index (χ3v) is 2.35. The summed E-state index contributed by atoms with van der Waals surface area (Å²) in [6, 6.07) is 0. The molecule has 0 aromatic carbocycles. The Bertz CT molecular complexity index is 166. The molecular formula is C7H11NSSi2. The number of nitrogens with zero attached hydrogens (tertiary/aromatic N) is 1. The largest absolute Gasteiger partial charge is 0.294 e. The number of hydrogen-bond donors (Lipinski definition) is 0. The van der Waals surface area contributed by atoms with E-state index in [1.165, 1.54) is 4.91 Å². The van der Waals surface area contributed by atoms with Gasteiger partial charge in [-0.25, -0.2) is 0 Å². The number of aliphatic imine (C=N–C) groups is 1. The van der Waals surface area contributed by atoms with E-state index in [1.54, 1.807) is 11.8 Å². The van der Waals surface area contributed by atoms with Crippen LogP contribution in [0, 0.1) is 0 Å². The molecule has 0 aromatic rings. The van der Waals surface area contributed by atoms with Gasteiger partial charge in [0.15, 0.2) is 0 Å². The van der Waals surface area contributed by atoms with Crippen LogP contribution in [0.5, 0.6) is 0 Å². The number of thioether (sulfide) groups is 1. The standard InChI is InChI=1S/C7H11NSSi2/c1-6(8-4-10)3-7(2)9-5-11/h3H,4-5H2,1-2H3/b7-3-,8-6+. The van der Waals surface area contributed by atoms with Crippen molar-refractivity contribution in [2.75, 3.05) is 11.5 Å². The number of hydrogen-bond acceptors (Lipinski definition) is 2. The molecule has 1 nitrogen and oxygen atoms in total. The van der Waals surface area contributed by atoms with Crippen molar-refractivity contribution in [1.29, 1.82) is 0 Å². The van der Waals surface area contributed by atoms with E-state index in [4.69, 9.17) is 0 Å². The lowest BCUT2D eigenvalue weighted by molar-refractivity contribution is 1.35. The molecule has 0 heterocycles. The van der Waals surface area contributed by atoms with Gasteiger partial charge in [-0.1, -0.05) is 0 Å². The Balaban J connectivity index is 3.96. The van der Waals surface area contributed by atoms with E-state index in [0.717, 1.165) is 11.1 Å². The first kappa shape index (κ1) is 11.2. The summed E-state index contributed by atoms with van der Waals surface area (Å²) in [6.07, 6.45) is 2.75. The summed E-state index contributed by atoms with van der Waals surface area (Å²) in [5.41, 5.74) is 1.06. The van der Waals surface area contributed by atoms with E-state index in [2.05, 4.69) is 38.5 Å². The zero-order valence-electron chi connectivity index (χ0n) is 6.85. The molecule has 0 N–H and O–H groups in total. The highest BCUT2D eigenvalue weighted by atomic mass is 32.2. The minimum Gasteiger partial charge on any atom is -0.294 e. The highest BCUT2D eigenvalue weighted by Crippen LogP contribution is 2.12. The SMILES string of the molecule is C/C(=C/C(C)=N/C[Si])SC[Si]. The Labute approximate surface area is 79.6 Å². The Morgan fingerprint density at radius 2 is 2.09 bits per heavy atom. The topological polar surface area (TPSA) is 12.4 Å². The third kappa shape index (κ3) is 6.59. The van der Waals surface area contributed by atoms with E-state index in [0.29, 0.717) is 6.17 Å². The van der Waals surface area contributed by atoms with Crippen molar-refractivity contribution >= 4 is 38.0 Å². The summed E-state index contributed by atoms with van der Waals surface area (Å²) in [6.45, 7) is 4.08. The molecule has 0 saturated carbocycles. The molecule has 0 spiro atoms. The summed E-state index contributed by atoms with van der Waals surface area (Å²) < 4.78 is 0. The van der Waals surface area contributed by atoms with E-state index < -0.39 is 0 Å². The van der Waals surface area contributed by atoms with Gasteiger partial charge in [0.2, 0.25) is 0 Å². The molecule has 0 bridgehead atoms. The van der Waals surface area contributed by atoms with Gasteiger partial charge >= 0.3 is 0 Å². The molecule has 4 heteroatoms. The summed E-state index contributed by atoms with van der Waals surface area (Å²) in [5.74, 6) is 0. The summed E-state index contributed by atoms with van der Waals surface area (Å²) in [5, 5.41) is 0.934. The average Bonchev–Trinajstić information content (AvgIpc) is 1.87. The molecule has 0 rings (SSSR count). The molecule has 0 fully saturated rings. The van der Waals surface area contributed by atoms with Crippen molar-refractivity contribution in [3.8, 4) is 0 Å². The van der Waals surface area contributed by atoms with Crippen LogP contribution in [0.1, 0.15) is 13.8 Å². The van der Waals surface area contributed by atoms with Crippen LogP contribution in [0.4, 0.5) is 0 Å². The normalized spacial score (nSPS) is 13.8. The minimum atomic E-state index is 0.675. The maximum Gasteiger partial charge on any atom is 0.0542 e. The number of allylic oxidation sites excluding steroid dienone is 2. The first-order chi connectivity index (χ1) is 5.20. The minimum absolute atomic E-state index is 0.675. The van der Waals surface area contributed by atoms with Crippen molar-refractivity contribution in [2.45, 2.75) is 13.8 Å². The molecule has 0 atom stereocenters. The average molecular weight is 197 g/mol. The molecule has 6 radical (unpaired) electrons. The maximum atomic E-state index is 4.17. The highest BCUT2D eigenvalue weighted by Gasteiger charge is 1.88. The lowest BCUT2D eigenvalue weighted by Crippen LogP contribution is -1.89. The second-order valence-corrected chi connectivity index (χ2v) is 4.40. The molecule has 0 saturated heterocycles. The molecular weight excluding hydrogens is 186 g/mol. The van der Waals surface area contributed by atoms with Gasteiger partial charge in [0.05, 0.1) is 10.2 Å². The van der Waals surface area contributed by atoms with Crippen LogP contribution in [0.3, 0.4) is 0 Å². The van der Waals surface area contributed by atoms with E-state index in [-0.39, 0.29) is 0 Å². The van der Waals surface area contributed by atoms with Crippen LogP contribution in [0.25, 0.3) is 0 Å². The summed E-state index contributed by atoms with van der Waals surface area (Å²) in [7, 11) is 6.69. The second kappa shape index (κ2) is 6.88. The van der Waals surface area contributed by atoms with Crippen molar-refractivity contribution in [3.05, 3.63) is 11.0 Å². The molecule has 11 heavy (non-hydrogen) atoms. The zero-order valence-corrected chi connectivity index (χ0v) is 9.66. The Kier molecular flexibility index (Phi) is 7.00. The Morgan fingerprint density at radius 3 is 2.55 bits per heavy atom. The second-order valence-electron chi connectivity index (χ2n) is 2.00. The van der Waals surface area contributed by atoms with Crippen molar-refractivity contribution in [3.63, 3.8) is 0 Å². The van der Waals surface area contributed by atoms with E-state index in [9.17, 15) is 0 Å². The summed E-state index contributed by atoms with van der Waals surface area (Å²) in [4.78, 5) is 5.45. The van der Waals surface area contributed by atoms with Crippen LogP contribution in [0.2, 0.25) is 0 Å². The van der Waals surface area contributed by atoms with Gasteiger partial charge in [0.25, 0.3) is 0 Å². The molecule has 0 aliphatic rings. The quantitative estimate of drug-likeness (QED) is 0.489. The fraction of sp³-hybridized carbons (Fsp3) is 0.571. The van der Waals surface area contributed by atoms with Gasteiger partial charge in [0.1, 0.15) is 0 Å². The highest BCUT2D eigenvalue weighted by molar-refractivity contribution is 8.03. The Hall–Kier alpha value is 0.194. The molecule has 0 aromatic heterocycles. The lowest BCUT2D eigenvalue weighted by atomic mass is 10.4. The van der Waals surface area contributed by atoms with Crippen molar-refractivity contribution < 1.29 is 0 Å². The van der Waals surface area contributed by atoms with Crippen molar-refractivity contribution in [1.82, 2.24) is 0 Å². The monoisotopic (exact) mass is 197 g/mol. The van der Waals surface area contributed by atoms with Gasteiger partial charge in [-0.05, 0) is 30.2 Å². The van der Waals surface area contributed by atoms with Crippen LogP contribution < -0.4 is 0 Å². The number of rotatable bonds is 4. The first-order valence-corrected chi connectivity index (χ1v) is 5.72. The third-order valence-electron chi connectivity index (χ3n) is 1.04. The van der Waals surface area contributed by atoms with Crippen LogP contribution in [-0.4, -0.2) is 37.7 Å². The molecule has 0 amide bonds. The predicted octanol–water partition coefficient (Wildman–Crippen LogP) is 1.34. The smallest absolute Gasteiger partial charge is 0.0542 e. The van der Waals surface area contributed by atoms with E-state index in [1.807, 2.05) is 6.92 Å². The fourth-order valence-corrected chi connectivity index (χ4v) is 2.03.